The number of hydrogen-bond donors (Lipinski definition) is 2. The summed E-state index contributed by atoms with van der Waals surface area (Å²) < 4.78 is 10.5. The molecule has 0 aromatic heterocycles. The molecule has 2 amide bonds. The molecule has 6 nitrogen and oxygen atoms in total. The fraction of sp³-hybridized carbons (Fsp3) is 0.167. The van der Waals surface area contributed by atoms with E-state index in [9.17, 15) is 9.59 Å². The molecule has 0 aliphatic rings. The smallest absolute Gasteiger partial charge is 0.255 e. The van der Waals surface area contributed by atoms with E-state index in [4.69, 9.17) is 9.47 Å². The summed E-state index contributed by atoms with van der Waals surface area (Å²) in [6.45, 7) is 1.98. The third-order valence-corrected chi connectivity index (χ3v) is 5.40. The molecule has 0 spiro atoms. The van der Waals surface area contributed by atoms with Crippen molar-refractivity contribution < 1.29 is 19.1 Å². The van der Waals surface area contributed by atoms with Crippen LogP contribution in [0.25, 0.3) is 0 Å². The minimum atomic E-state index is -0.264. The average Bonchev–Trinajstić information content (AvgIpc) is 2.77. The van der Waals surface area contributed by atoms with Crippen LogP contribution in [-0.4, -0.2) is 31.8 Å². The summed E-state index contributed by atoms with van der Waals surface area (Å²) in [4.78, 5) is 25.7. The van der Waals surface area contributed by atoms with Crippen molar-refractivity contribution in [2.24, 2.45) is 0 Å². The second kappa shape index (κ2) is 10.5. The highest BCUT2D eigenvalue weighted by Crippen LogP contribution is 2.28. The first-order valence-corrected chi connectivity index (χ1v) is 10.6. The molecule has 0 atom stereocenters. The number of anilines is 2. The van der Waals surface area contributed by atoms with Crippen LogP contribution >= 0.6 is 11.8 Å². The van der Waals surface area contributed by atoms with E-state index in [0.29, 0.717) is 22.7 Å². The molecular formula is C24H24N2O4S. The van der Waals surface area contributed by atoms with Gasteiger partial charge in [0.1, 0.15) is 0 Å². The Bertz CT molecular complexity index is 1080. The van der Waals surface area contributed by atoms with E-state index in [0.717, 1.165) is 16.1 Å². The van der Waals surface area contributed by atoms with Gasteiger partial charge in [-0.05, 0) is 61.0 Å². The predicted octanol–water partition coefficient (Wildman–Crippen LogP) is 5.00. The normalized spacial score (nSPS) is 10.3. The highest BCUT2D eigenvalue weighted by atomic mass is 32.2. The van der Waals surface area contributed by atoms with Gasteiger partial charge in [-0.1, -0.05) is 18.2 Å². The van der Waals surface area contributed by atoms with E-state index in [-0.39, 0.29) is 17.6 Å². The molecule has 0 aliphatic heterocycles. The highest BCUT2D eigenvalue weighted by molar-refractivity contribution is 8.00. The molecule has 0 bridgehead atoms. The number of amides is 2. The molecule has 2 N–H and O–H groups in total. The van der Waals surface area contributed by atoms with Gasteiger partial charge in [0, 0.05) is 21.8 Å². The molecule has 0 aliphatic carbocycles. The molecule has 0 unspecified atom stereocenters. The average molecular weight is 437 g/mol. The molecule has 7 heteroatoms. The van der Waals surface area contributed by atoms with Gasteiger partial charge in [-0.3, -0.25) is 9.59 Å². The Morgan fingerprint density at radius 3 is 2.26 bits per heavy atom. The summed E-state index contributed by atoms with van der Waals surface area (Å²) >= 11 is 1.40. The van der Waals surface area contributed by atoms with E-state index in [1.54, 1.807) is 31.4 Å². The Labute approximate surface area is 186 Å². The lowest BCUT2D eigenvalue weighted by Crippen LogP contribution is -2.14. The Morgan fingerprint density at radius 2 is 1.55 bits per heavy atom. The predicted molar refractivity (Wildman–Crippen MR) is 124 cm³/mol. The number of carbonyl (C=O) groups is 2. The van der Waals surface area contributed by atoms with Gasteiger partial charge >= 0.3 is 0 Å². The zero-order chi connectivity index (χ0) is 22.2. The molecule has 3 aromatic carbocycles. The molecule has 0 saturated carbocycles. The van der Waals surface area contributed by atoms with Crippen LogP contribution in [0.3, 0.4) is 0 Å². The molecule has 0 heterocycles. The quantitative estimate of drug-likeness (QED) is 0.486. The van der Waals surface area contributed by atoms with Gasteiger partial charge in [0.2, 0.25) is 5.91 Å². The molecule has 160 valence electrons. The van der Waals surface area contributed by atoms with Crippen molar-refractivity contribution in [3.8, 4) is 11.5 Å². The second-order valence-electron chi connectivity index (χ2n) is 6.76. The van der Waals surface area contributed by atoms with Gasteiger partial charge in [0.25, 0.3) is 5.91 Å². The second-order valence-corrected chi connectivity index (χ2v) is 7.81. The van der Waals surface area contributed by atoms with Crippen LogP contribution in [-0.2, 0) is 4.79 Å². The molecule has 0 radical (unpaired) electrons. The number of methoxy groups -OCH3 is 2. The maximum absolute atomic E-state index is 12.6. The number of hydrogen-bond acceptors (Lipinski definition) is 5. The Balaban J connectivity index is 1.59. The van der Waals surface area contributed by atoms with Crippen LogP contribution in [0.5, 0.6) is 11.5 Å². The van der Waals surface area contributed by atoms with Crippen molar-refractivity contribution in [2.75, 3.05) is 30.6 Å². The highest BCUT2D eigenvalue weighted by Gasteiger charge is 2.12. The van der Waals surface area contributed by atoms with Crippen LogP contribution in [0.15, 0.2) is 71.6 Å². The van der Waals surface area contributed by atoms with E-state index < -0.39 is 0 Å². The fourth-order valence-corrected chi connectivity index (χ4v) is 3.67. The topological polar surface area (TPSA) is 76.7 Å². The fourth-order valence-electron chi connectivity index (χ4n) is 2.91. The van der Waals surface area contributed by atoms with Gasteiger partial charge in [0.15, 0.2) is 11.5 Å². The van der Waals surface area contributed by atoms with Crippen LogP contribution in [0, 0.1) is 6.92 Å². The van der Waals surface area contributed by atoms with Crippen molar-refractivity contribution in [3.05, 3.63) is 77.9 Å². The first-order chi connectivity index (χ1) is 15.0. The van der Waals surface area contributed by atoms with Gasteiger partial charge in [0.05, 0.1) is 20.0 Å². The monoisotopic (exact) mass is 436 g/mol. The Kier molecular flexibility index (Phi) is 7.56. The summed E-state index contributed by atoms with van der Waals surface area (Å²) in [7, 11) is 3.07. The largest absolute Gasteiger partial charge is 0.493 e. The number of rotatable bonds is 8. The summed E-state index contributed by atoms with van der Waals surface area (Å²) in [5.41, 5.74) is 2.96. The lowest BCUT2D eigenvalue weighted by molar-refractivity contribution is -0.113. The number of nitrogens with one attached hydrogen (secondary N) is 2. The van der Waals surface area contributed by atoms with Crippen molar-refractivity contribution >= 4 is 35.0 Å². The summed E-state index contributed by atoms with van der Waals surface area (Å²) in [5.74, 6) is 0.956. The first kappa shape index (κ1) is 22.2. The molecular weight excluding hydrogens is 412 g/mol. The molecule has 0 fully saturated rings. The van der Waals surface area contributed by atoms with Gasteiger partial charge in [-0.25, -0.2) is 0 Å². The number of thioether (sulfide) groups is 1. The maximum Gasteiger partial charge on any atom is 0.255 e. The zero-order valence-electron chi connectivity index (χ0n) is 17.6. The van der Waals surface area contributed by atoms with Crippen LogP contribution < -0.4 is 20.1 Å². The van der Waals surface area contributed by atoms with Gasteiger partial charge < -0.3 is 20.1 Å². The van der Waals surface area contributed by atoms with Crippen LogP contribution in [0.2, 0.25) is 0 Å². The summed E-state index contributed by atoms with van der Waals surface area (Å²) in [6, 6.07) is 20.0. The number of aryl methyl sites for hydroxylation is 1. The van der Waals surface area contributed by atoms with Gasteiger partial charge in [-0.2, -0.15) is 0 Å². The first-order valence-electron chi connectivity index (χ1n) is 9.61. The zero-order valence-corrected chi connectivity index (χ0v) is 18.4. The van der Waals surface area contributed by atoms with Crippen LogP contribution in [0.4, 0.5) is 11.4 Å². The maximum atomic E-state index is 12.6. The third kappa shape index (κ3) is 6.26. The van der Waals surface area contributed by atoms with E-state index in [2.05, 4.69) is 10.6 Å². The number of carbonyl (C=O) groups excluding carboxylic acids is 2. The van der Waals surface area contributed by atoms with Gasteiger partial charge in [-0.15, -0.1) is 11.8 Å². The standard InChI is InChI=1S/C24H24N2O4S/c1-16-6-4-7-18(12-16)25-23(27)15-31-20-9-5-8-19(14-20)26-24(28)17-10-11-21(29-2)22(13-17)30-3/h4-14H,15H2,1-3H3,(H,25,27)(H,26,28). The SMILES string of the molecule is COc1ccc(C(=O)Nc2cccc(SCC(=O)Nc3cccc(C)c3)c2)cc1OC. The summed E-state index contributed by atoms with van der Waals surface area (Å²) in [5, 5.41) is 5.76. The molecule has 3 rings (SSSR count). The Hall–Kier alpha value is -3.45. The van der Waals surface area contributed by atoms with Crippen LogP contribution in [0.1, 0.15) is 15.9 Å². The van der Waals surface area contributed by atoms with Crippen molar-refractivity contribution in [3.63, 3.8) is 0 Å². The van der Waals surface area contributed by atoms with E-state index in [1.807, 2.05) is 49.4 Å². The minimum Gasteiger partial charge on any atom is -0.493 e. The lowest BCUT2D eigenvalue weighted by Gasteiger charge is -2.11. The van der Waals surface area contributed by atoms with Crippen molar-refractivity contribution in [1.29, 1.82) is 0 Å². The molecule has 3 aromatic rings. The lowest BCUT2D eigenvalue weighted by atomic mass is 10.2. The van der Waals surface area contributed by atoms with E-state index >= 15 is 0 Å². The molecule has 31 heavy (non-hydrogen) atoms. The minimum absolute atomic E-state index is 0.0876. The summed E-state index contributed by atoms with van der Waals surface area (Å²) in [6.07, 6.45) is 0. The third-order valence-electron chi connectivity index (χ3n) is 4.41. The van der Waals surface area contributed by atoms with E-state index in [1.165, 1.54) is 18.9 Å². The Morgan fingerprint density at radius 1 is 0.839 bits per heavy atom. The molecule has 0 saturated heterocycles. The van der Waals surface area contributed by atoms with Crippen molar-refractivity contribution in [2.45, 2.75) is 11.8 Å². The number of ether oxygens (including phenoxy) is 2. The van der Waals surface area contributed by atoms with Crippen molar-refractivity contribution in [1.82, 2.24) is 0 Å². The number of benzene rings is 3.